The average molecular weight is 254 g/mol. The zero-order chi connectivity index (χ0) is 13.4. The van der Waals surface area contributed by atoms with E-state index < -0.39 is 5.97 Å². The first kappa shape index (κ1) is 14.1. The van der Waals surface area contributed by atoms with Crippen molar-refractivity contribution in [3.05, 3.63) is 35.6 Å². The van der Waals surface area contributed by atoms with E-state index in [4.69, 9.17) is 5.11 Å². The van der Waals surface area contributed by atoms with Gasteiger partial charge in [0.1, 0.15) is 12.4 Å². The lowest BCUT2D eigenvalue weighted by Gasteiger charge is -2.05. The van der Waals surface area contributed by atoms with Gasteiger partial charge in [-0.3, -0.25) is 9.59 Å². The summed E-state index contributed by atoms with van der Waals surface area (Å²) in [4.78, 5) is 21.3. The second-order valence-electron chi connectivity index (χ2n) is 3.73. The number of amides is 1. The molecule has 0 heterocycles. The van der Waals surface area contributed by atoms with E-state index in [2.05, 4.69) is 10.6 Å². The van der Waals surface area contributed by atoms with Gasteiger partial charge in [-0.2, -0.15) is 0 Å². The van der Waals surface area contributed by atoms with Crippen LogP contribution in [-0.2, 0) is 16.1 Å². The predicted molar refractivity (Wildman–Crippen MR) is 63.4 cm³/mol. The molecule has 1 rings (SSSR count). The van der Waals surface area contributed by atoms with Crippen LogP contribution in [0, 0.1) is 5.82 Å². The Morgan fingerprint density at radius 2 is 2.11 bits per heavy atom. The fourth-order valence-electron chi connectivity index (χ4n) is 1.34. The number of hydrogen-bond donors (Lipinski definition) is 3. The molecule has 0 aliphatic carbocycles. The van der Waals surface area contributed by atoms with E-state index in [-0.39, 0.29) is 24.7 Å². The predicted octanol–water partition coefficient (Wildman–Crippen LogP) is 0.506. The van der Waals surface area contributed by atoms with Crippen molar-refractivity contribution in [1.29, 1.82) is 0 Å². The smallest absolute Gasteiger partial charge is 0.322 e. The van der Waals surface area contributed by atoms with Crippen LogP contribution in [0.2, 0.25) is 0 Å². The van der Waals surface area contributed by atoms with E-state index in [9.17, 15) is 14.0 Å². The lowest BCUT2D eigenvalue weighted by Crippen LogP contribution is -2.31. The SMILES string of the molecule is O=C(O)CNC(=O)CCNCc1cccc(F)c1. The molecule has 6 heteroatoms. The number of carboxylic acid groups (broad SMARTS) is 1. The third kappa shape index (κ3) is 5.95. The van der Waals surface area contributed by atoms with Crippen molar-refractivity contribution in [2.75, 3.05) is 13.1 Å². The Bertz CT molecular complexity index is 424. The van der Waals surface area contributed by atoms with E-state index in [1.807, 2.05) is 0 Å². The van der Waals surface area contributed by atoms with E-state index in [0.717, 1.165) is 5.56 Å². The molecule has 0 spiro atoms. The maximum absolute atomic E-state index is 12.8. The minimum absolute atomic E-state index is 0.183. The third-order valence-electron chi connectivity index (χ3n) is 2.18. The zero-order valence-electron chi connectivity index (χ0n) is 9.78. The number of carbonyl (C=O) groups is 2. The van der Waals surface area contributed by atoms with Gasteiger partial charge in [0.05, 0.1) is 0 Å². The lowest BCUT2D eigenvalue weighted by molar-refractivity contribution is -0.137. The van der Waals surface area contributed by atoms with Crippen molar-refractivity contribution in [2.24, 2.45) is 0 Å². The fourth-order valence-corrected chi connectivity index (χ4v) is 1.34. The largest absolute Gasteiger partial charge is 0.480 e. The van der Waals surface area contributed by atoms with Gasteiger partial charge in [-0.05, 0) is 17.7 Å². The van der Waals surface area contributed by atoms with E-state index in [1.54, 1.807) is 12.1 Å². The molecule has 0 saturated carbocycles. The van der Waals surface area contributed by atoms with Crippen LogP contribution in [0.4, 0.5) is 4.39 Å². The summed E-state index contributed by atoms with van der Waals surface area (Å²) < 4.78 is 12.8. The Kier molecular flexibility index (Phi) is 5.79. The van der Waals surface area contributed by atoms with Gasteiger partial charge in [0.2, 0.25) is 5.91 Å². The molecule has 0 aliphatic rings. The molecule has 0 fully saturated rings. The van der Waals surface area contributed by atoms with Crippen LogP contribution in [0.5, 0.6) is 0 Å². The Morgan fingerprint density at radius 1 is 1.33 bits per heavy atom. The Hall–Kier alpha value is -1.95. The number of benzene rings is 1. The van der Waals surface area contributed by atoms with E-state index in [0.29, 0.717) is 13.1 Å². The number of rotatable bonds is 7. The van der Waals surface area contributed by atoms with Gasteiger partial charge in [0.25, 0.3) is 0 Å². The molecule has 0 bridgehead atoms. The highest BCUT2D eigenvalue weighted by Gasteiger charge is 2.03. The summed E-state index contributed by atoms with van der Waals surface area (Å²) >= 11 is 0. The summed E-state index contributed by atoms with van der Waals surface area (Å²) in [5.74, 6) is -1.70. The zero-order valence-corrected chi connectivity index (χ0v) is 9.78. The summed E-state index contributed by atoms with van der Waals surface area (Å²) in [5.41, 5.74) is 0.793. The normalized spacial score (nSPS) is 10.1. The quantitative estimate of drug-likeness (QED) is 0.619. The number of nitrogens with one attached hydrogen (secondary N) is 2. The van der Waals surface area contributed by atoms with Crippen LogP contribution in [0.15, 0.2) is 24.3 Å². The molecule has 1 aromatic carbocycles. The molecule has 0 aliphatic heterocycles. The number of aliphatic carboxylic acids is 1. The summed E-state index contributed by atoms with van der Waals surface area (Å²) in [6.07, 6.45) is 0.183. The monoisotopic (exact) mass is 254 g/mol. The van der Waals surface area contributed by atoms with Gasteiger partial charge >= 0.3 is 5.97 Å². The summed E-state index contributed by atoms with van der Waals surface area (Å²) in [7, 11) is 0. The molecule has 98 valence electrons. The second kappa shape index (κ2) is 7.39. The Balaban J connectivity index is 2.15. The summed E-state index contributed by atoms with van der Waals surface area (Å²) in [6, 6.07) is 6.17. The van der Waals surface area contributed by atoms with Gasteiger partial charge < -0.3 is 15.7 Å². The molecule has 0 radical (unpaired) electrons. The van der Waals surface area contributed by atoms with Crippen molar-refractivity contribution in [3.8, 4) is 0 Å². The maximum Gasteiger partial charge on any atom is 0.322 e. The Labute approximate surface area is 104 Å². The van der Waals surface area contributed by atoms with Crippen LogP contribution in [0.25, 0.3) is 0 Å². The summed E-state index contributed by atoms with van der Waals surface area (Å²) in [5, 5.41) is 13.6. The number of carbonyl (C=O) groups excluding carboxylic acids is 1. The first-order chi connectivity index (χ1) is 8.58. The Morgan fingerprint density at radius 3 is 2.78 bits per heavy atom. The van der Waals surface area contributed by atoms with E-state index >= 15 is 0 Å². The molecule has 3 N–H and O–H groups in total. The lowest BCUT2D eigenvalue weighted by atomic mass is 10.2. The highest BCUT2D eigenvalue weighted by molar-refractivity contribution is 5.81. The van der Waals surface area contributed by atoms with Crippen molar-refractivity contribution in [3.63, 3.8) is 0 Å². The van der Waals surface area contributed by atoms with Crippen molar-refractivity contribution in [2.45, 2.75) is 13.0 Å². The minimum Gasteiger partial charge on any atom is -0.480 e. The first-order valence-corrected chi connectivity index (χ1v) is 5.51. The molecular formula is C12H15FN2O3. The van der Waals surface area contributed by atoms with Crippen LogP contribution >= 0.6 is 0 Å². The molecule has 0 aromatic heterocycles. The van der Waals surface area contributed by atoms with Gasteiger partial charge in [-0.1, -0.05) is 12.1 Å². The second-order valence-corrected chi connectivity index (χ2v) is 3.73. The van der Waals surface area contributed by atoms with E-state index in [1.165, 1.54) is 12.1 Å². The molecular weight excluding hydrogens is 239 g/mol. The fraction of sp³-hybridized carbons (Fsp3) is 0.333. The third-order valence-corrected chi connectivity index (χ3v) is 2.18. The van der Waals surface area contributed by atoms with Crippen LogP contribution in [0.3, 0.4) is 0 Å². The van der Waals surface area contributed by atoms with Crippen LogP contribution in [-0.4, -0.2) is 30.1 Å². The number of halogens is 1. The van der Waals surface area contributed by atoms with Crippen LogP contribution in [0.1, 0.15) is 12.0 Å². The molecule has 1 aromatic rings. The highest BCUT2D eigenvalue weighted by Crippen LogP contribution is 2.02. The van der Waals surface area contributed by atoms with Gasteiger partial charge in [0, 0.05) is 19.5 Å². The van der Waals surface area contributed by atoms with Gasteiger partial charge in [-0.25, -0.2) is 4.39 Å². The number of hydrogen-bond acceptors (Lipinski definition) is 3. The molecule has 18 heavy (non-hydrogen) atoms. The maximum atomic E-state index is 12.8. The van der Waals surface area contributed by atoms with Crippen molar-refractivity contribution >= 4 is 11.9 Å². The van der Waals surface area contributed by atoms with Gasteiger partial charge in [-0.15, -0.1) is 0 Å². The number of carboxylic acids is 1. The first-order valence-electron chi connectivity index (χ1n) is 5.51. The molecule has 0 atom stereocenters. The summed E-state index contributed by atoms with van der Waals surface area (Å²) in [6.45, 7) is 0.495. The van der Waals surface area contributed by atoms with Gasteiger partial charge in [0.15, 0.2) is 0 Å². The molecule has 1 amide bonds. The van der Waals surface area contributed by atoms with Crippen LogP contribution < -0.4 is 10.6 Å². The topological polar surface area (TPSA) is 78.4 Å². The van der Waals surface area contributed by atoms with Crippen molar-refractivity contribution in [1.82, 2.24) is 10.6 Å². The molecule has 5 nitrogen and oxygen atoms in total. The highest BCUT2D eigenvalue weighted by atomic mass is 19.1. The minimum atomic E-state index is -1.07. The van der Waals surface area contributed by atoms with Crippen molar-refractivity contribution < 1.29 is 19.1 Å². The molecule has 0 saturated heterocycles. The standard InChI is InChI=1S/C12H15FN2O3/c13-10-3-1-2-9(6-10)7-14-5-4-11(16)15-8-12(17)18/h1-3,6,14H,4-5,7-8H2,(H,15,16)(H,17,18). The molecule has 0 unspecified atom stereocenters. The average Bonchev–Trinajstić information content (AvgIpc) is 2.32.